The van der Waals surface area contributed by atoms with Crippen molar-refractivity contribution in [3.05, 3.63) is 48.7 Å². The van der Waals surface area contributed by atoms with E-state index < -0.39 is 0 Å². The lowest BCUT2D eigenvalue weighted by molar-refractivity contribution is 0.965. The average Bonchev–Trinajstić information content (AvgIpc) is 2.71. The van der Waals surface area contributed by atoms with Gasteiger partial charge < -0.3 is 11.1 Å². The fourth-order valence-corrected chi connectivity index (χ4v) is 1.63. The molecule has 0 saturated carbocycles. The summed E-state index contributed by atoms with van der Waals surface area (Å²) in [5, 5.41) is 7.40. The van der Waals surface area contributed by atoms with Crippen LogP contribution < -0.4 is 11.1 Å². The van der Waals surface area contributed by atoms with E-state index in [1.807, 2.05) is 48.7 Å². The van der Waals surface area contributed by atoms with Gasteiger partial charge in [-0.25, -0.2) is 4.52 Å². The molecule has 5 nitrogen and oxygen atoms in total. The van der Waals surface area contributed by atoms with Gasteiger partial charge in [0.15, 0.2) is 5.65 Å². The number of hydrogen-bond donors (Lipinski definition) is 2. The summed E-state index contributed by atoms with van der Waals surface area (Å²) in [7, 11) is 0. The van der Waals surface area contributed by atoms with E-state index in [-0.39, 0.29) is 0 Å². The van der Waals surface area contributed by atoms with E-state index in [0.29, 0.717) is 11.6 Å². The van der Waals surface area contributed by atoms with Crippen LogP contribution >= 0.6 is 0 Å². The van der Waals surface area contributed by atoms with Gasteiger partial charge in [0.05, 0.1) is 0 Å². The smallest absolute Gasteiger partial charge is 0.247 e. The molecule has 0 aliphatic heterocycles. The Morgan fingerprint density at radius 2 is 2.06 bits per heavy atom. The first-order chi connectivity index (χ1) is 8.31. The minimum absolute atomic E-state index is 0.557. The number of hydrogen-bond acceptors (Lipinski definition) is 4. The highest BCUT2D eigenvalue weighted by molar-refractivity contribution is 5.60. The Morgan fingerprint density at radius 3 is 2.88 bits per heavy atom. The Bertz CT molecular complexity index is 626. The van der Waals surface area contributed by atoms with Gasteiger partial charge in [0.25, 0.3) is 0 Å². The number of aromatic nitrogens is 3. The molecule has 0 unspecified atom stereocenters. The topological polar surface area (TPSA) is 68.2 Å². The van der Waals surface area contributed by atoms with E-state index in [4.69, 9.17) is 5.73 Å². The molecule has 0 radical (unpaired) electrons. The molecule has 84 valence electrons. The molecule has 0 bridgehead atoms. The zero-order valence-corrected chi connectivity index (χ0v) is 9.04. The second kappa shape index (κ2) is 3.79. The predicted molar refractivity (Wildman–Crippen MR) is 67.1 cm³/mol. The minimum Gasteiger partial charge on any atom is -0.399 e. The van der Waals surface area contributed by atoms with Crippen LogP contribution in [0.2, 0.25) is 0 Å². The Hall–Kier alpha value is -2.56. The first kappa shape index (κ1) is 9.65. The van der Waals surface area contributed by atoms with E-state index in [1.165, 1.54) is 0 Å². The van der Waals surface area contributed by atoms with Gasteiger partial charge in [0.2, 0.25) is 5.95 Å². The molecule has 0 fully saturated rings. The van der Waals surface area contributed by atoms with Gasteiger partial charge in [-0.3, -0.25) is 0 Å². The highest BCUT2D eigenvalue weighted by Crippen LogP contribution is 2.16. The van der Waals surface area contributed by atoms with Crippen LogP contribution in [0.1, 0.15) is 0 Å². The van der Waals surface area contributed by atoms with E-state index in [0.717, 1.165) is 11.3 Å². The lowest BCUT2D eigenvalue weighted by atomic mass is 10.3. The van der Waals surface area contributed by atoms with Crippen molar-refractivity contribution in [1.82, 2.24) is 14.6 Å². The van der Waals surface area contributed by atoms with Gasteiger partial charge in [-0.15, -0.1) is 5.10 Å². The van der Waals surface area contributed by atoms with Crippen molar-refractivity contribution < 1.29 is 0 Å². The molecule has 0 aliphatic carbocycles. The van der Waals surface area contributed by atoms with Crippen molar-refractivity contribution in [1.29, 1.82) is 0 Å². The number of fused-ring (bicyclic) bond motifs is 1. The molecule has 17 heavy (non-hydrogen) atoms. The zero-order chi connectivity index (χ0) is 11.7. The largest absolute Gasteiger partial charge is 0.399 e. The number of nitrogen functional groups attached to an aromatic ring is 1. The molecular weight excluding hydrogens is 214 g/mol. The second-order valence-corrected chi connectivity index (χ2v) is 3.69. The number of nitrogens with two attached hydrogens (primary N) is 1. The molecule has 5 heteroatoms. The number of pyridine rings is 1. The third kappa shape index (κ3) is 1.90. The Labute approximate surface area is 97.9 Å². The number of anilines is 3. The first-order valence-corrected chi connectivity index (χ1v) is 5.25. The van der Waals surface area contributed by atoms with Crippen LogP contribution in [-0.4, -0.2) is 14.6 Å². The van der Waals surface area contributed by atoms with Crippen LogP contribution in [0.25, 0.3) is 5.65 Å². The second-order valence-electron chi connectivity index (χ2n) is 3.69. The molecule has 2 aromatic heterocycles. The highest BCUT2D eigenvalue weighted by atomic mass is 15.3. The van der Waals surface area contributed by atoms with Crippen molar-refractivity contribution in [2.75, 3.05) is 11.1 Å². The summed E-state index contributed by atoms with van der Waals surface area (Å²) in [5.74, 6) is 0.557. The Morgan fingerprint density at radius 1 is 1.12 bits per heavy atom. The van der Waals surface area contributed by atoms with Crippen LogP contribution in [0.5, 0.6) is 0 Å². The number of nitrogens with zero attached hydrogens (tertiary/aromatic N) is 3. The summed E-state index contributed by atoms with van der Waals surface area (Å²) in [6.07, 6.45) is 1.85. The third-order valence-corrected chi connectivity index (χ3v) is 2.38. The summed E-state index contributed by atoms with van der Waals surface area (Å²) in [4.78, 5) is 4.34. The Kier molecular flexibility index (Phi) is 2.15. The van der Waals surface area contributed by atoms with Crippen molar-refractivity contribution in [3.8, 4) is 0 Å². The summed E-state index contributed by atoms with van der Waals surface area (Å²) < 4.78 is 1.72. The molecule has 0 saturated heterocycles. The quantitative estimate of drug-likeness (QED) is 0.655. The third-order valence-electron chi connectivity index (χ3n) is 2.38. The van der Waals surface area contributed by atoms with Crippen LogP contribution in [0.15, 0.2) is 48.7 Å². The molecule has 3 aromatic rings. The Balaban J connectivity index is 1.94. The molecule has 0 atom stereocenters. The van der Waals surface area contributed by atoms with Crippen LogP contribution in [0.4, 0.5) is 17.3 Å². The normalized spacial score (nSPS) is 10.6. The van der Waals surface area contributed by atoms with Gasteiger partial charge in [0.1, 0.15) is 0 Å². The SMILES string of the molecule is Nc1cccc(Nc2nc3ccccn3n2)c1. The van der Waals surface area contributed by atoms with Crippen molar-refractivity contribution >= 4 is 23.0 Å². The fraction of sp³-hybridized carbons (Fsp3) is 0. The van der Waals surface area contributed by atoms with Crippen LogP contribution in [0, 0.1) is 0 Å². The van der Waals surface area contributed by atoms with Crippen molar-refractivity contribution in [2.24, 2.45) is 0 Å². The number of benzene rings is 1. The lowest BCUT2D eigenvalue weighted by Gasteiger charge is -2.01. The fourth-order valence-electron chi connectivity index (χ4n) is 1.63. The van der Waals surface area contributed by atoms with Crippen LogP contribution in [0.3, 0.4) is 0 Å². The summed E-state index contributed by atoms with van der Waals surface area (Å²) >= 11 is 0. The van der Waals surface area contributed by atoms with E-state index in [2.05, 4.69) is 15.4 Å². The summed E-state index contributed by atoms with van der Waals surface area (Å²) in [5.41, 5.74) is 8.09. The maximum absolute atomic E-state index is 5.70. The lowest BCUT2D eigenvalue weighted by Crippen LogP contribution is -1.94. The molecule has 0 amide bonds. The maximum atomic E-state index is 5.70. The van der Waals surface area contributed by atoms with Gasteiger partial charge in [0, 0.05) is 17.6 Å². The van der Waals surface area contributed by atoms with E-state index >= 15 is 0 Å². The van der Waals surface area contributed by atoms with Gasteiger partial charge in [-0.1, -0.05) is 12.1 Å². The van der Waals surface area contributed by atoms with Gasteiger partial charge >= 0.3 is 0 Å². The highest BCUT2D eigenvalue weighted by Gasteiger charge is 2.02. The molecule has 3 rings (SSSR count). The summed E-state index contributed by atoms with van der Waals surface area (Å²) in [6, 6.07) is 13.2. The van der Waals surface area contributed by atoms with Gasteiger partial charge in [-0.2, -0.15) is 4.98 Å². The average molecular weight is 225 g/mol. The molecule has 0 aliphatic rings. The molecule has 2 heterocycles. The monoisotopic (exact) mass is 225 g/mol. The first-order valence-electron chi connectivity index (χ1n) is 5.25. The molecule has 3 N–H and O–H groups in total. The summed E-state index contributed by atoms with van der Waals surface area (Å²) in [6.45, 7) is 0. The zero-order valence-electron chi connectivity index (χ0n) is 9.04. The number of nitrogens with one attached hydrogen (secondary N) is 1. The maximum Gasteiger partial charge on any atom is 0.247 e. The molecular formula is C12H11N5. The molecule has 1 aromatic carbocycles. The standard InChI is InChI=1S/C12H11N5/c13-9-4-3-5-10(8-9)14-12-15-11-6-1-2-7-17(11)16-12/h1-8H,13H2,(H,14,16). The number of rotatable bonds is 2. The predicted octanol–water partition coefficient (Wildman–Crippen LogP) is 2.06. The van der Waals surface area contributed by atoms with Crippen molar-refractivity contribution in [2.45, 2.75) is 0 Å². The van der Waals surface area contributed by atoms with Crippen LogP contribution in [-0.2, 0) is 0 Å². The van der Waals surface area contributed by atoms with Gasteiger partial charge in [-0.05, 0) is 30.3 Å². The minimum atomic E-state index is 0.557. The molecule has 0 spiro atoms. The van der Waals surface area contributed by atoms with E-state index in [1.54, 1.807) is 4.52 Å². The van der Waals surface area contributed by atoms with E-state index in [9.17, 15) is 0 Å². The van der Waals surface area contributed by atoms with Crippen molar-refractivity contribution in [3.63, 3.8) is 0 Å².